The lowest BCUT2D eigenvalue weighted by Crippen LogP contribution is -2.55. The minimum absolute atomic E-state index is 0.0307. The minimum atomic E-state index is -0.0307. The molecule has 0 spiro atoms. The molecule has 1 saturated heterocycles. The Balaban J connectivity index is 2.35. The number of hydrogen-bond acceptors (Lipinski definition) is 4. The highest BCUT2D eigenvalue weighted by Gasteiger charge is 2.27. The highest BCUT2D eigenvalue weighted by atomic mass is 16.4. The van der Waals surface area contributed by atoms with Crippen LogP contribution < -0.4 is 5.73 Å². The van der Waals surface area contributed by atoms with E-state index in [2.05, 4.69) is 17.0 Å². The van der Waals surface area contributed by atoms with Crippen molar-refractivity contribution in [3.05, 3.63) is 0 Å². The normalized spacial score (nSPS) is 18.8. The van der Waals surface area contributed by atoms with Crippen LogP contribution in [-0.4, -0.2) is 59.0 Å². The third-order valence-corrected chi connectivity index (χ3v) is 4.20. The van der Waals surface area contributed by atoms with Crippen LogP contribution in [0.5, 0.6) is 0 Å². The second-order valence-electron chi connectivity index (χ2n) is 5.68. The van der Waals surface area contributed by atoms with Crippen molar-refractivity contribution in [1.82, 2.24) is 9.80 Å². The predicted molar refractivity (Wildman–Crippen MR) is 84.4 cm³/mol. The molecule has 0 aromatic rings. The molecule has 1 aliphatic heterocycles. The van der Waals surface area contributed by atoms with Crippen LogP contribution in [-0.2, 0) is 4.79 Å². The Hall–Kier alpha value is -1.30. The van der Waals surface area contributed by atoms with E-state index < -0.39 is 0 Å². The summed E-state index contributed by atoms with van der Waals surface area (Å²) in [5.74, 6) is 0.527. The third-order valence-electron chi connectivity index (χ3n) is 4.20. The fourth-order valence-electron chi connectivity index (χ4n) is 2.87. The van der Waals surface area contributed by atoms with Crippen molar-refractivity contribution in [3.63, 3.8) is 0 Å². The standard InChI is InChI=1S/C15H30N4O2/c1-3-5-6-7-8-14(20)19-11-9-18(10-12-19)13(4-2)15(16)17-21/h13,21H,3-12H2,1-2H3,(H2,16,17). The van der Waals surface area contributed by atoms with Crippen LogP contribution >= 0.6 is 0 Å². The summed E-state index contributed by atoms with van der Waals surface area (Å²) in [4.78, 5) is 16.3. The number of rotatable bonds is 8. The lowest BCUT2D eigenvalue weighted by molar-refractivity contribution is -0.133. The lowest BCUT2D eigenvalue weighted by atomic mass is 10.1. The number of unbranched alkanes of at least 4 members (excludes halogenated alkanes) is 3. The molecule has 21 heavy (non-hydrogen) atoms. The van der Waals surface area contributed by atoms with Crippen LogP contribution in [0.4, 0.5) is 0 Å². The molecule has 6 nitrogen and oxygen atoms in total. The number of nitrogens with two attached hydrogens (primary N) is 1. The van der Waals surface area contributed by atoms with Crippen molar-refractivity contribution in [3.8, 4) is 0 Å². The smallest absolute Gasteiger partial charge is 0.222 e. The van der Waals surface area contributed by atoms with Gasteiger partial charge in [-0.3, -0.25) is 9.69 Å². The largest absolute Gasteiger partial charge is 0.409 e. The highest BCUT2D eigenvalue weighted by molar-refractivity contribution is 5.85. The lowest BCUT2D eigenvalue weighted by Gasteiger charge is -2.38. The molecule has 1 amide bonds. The molecular weight excluding hydrogens is 268 g/mol. The van der Waals surface area contributed by atoms with Crippen molar-refractivity contribution in [2.24, 2.45) is 10.9 Å². The molecule has 1 heterocycles. The molecule has 1 unspecified atom stereocenters. The summed E-state index contributed by atoms with van der Waals surface area (Å²) in [6.45, 7) is 7.25. The van der Waals surface area contributed by atoms with Gasteiger partial charge in [0.15, 0.2) is 5.84 Å². The van der Waals surface area contributed by atoms with Crippen LogP contribution in [0.3, 0.4) is 0 Å². The Bertz CT molecular complexity index is 339. The van der Waals surface area contributed by atoms with Crippen LogP contribution in [0.2, 0.25) is 0 Å². The number of nitrogens with zero attached hydrogens (tertiary/aromatic N) is 3. The maximum atomic E-state index is 12.1. The zero-order valence-corrected chi connectivity index (χ0v) is 13.4. The number of carbonyl (C=O) groups is 1. The SMILES string of the molecule is CCCCCCC(=O)N1CCN(C(CC)C(N)=NO)CC1. The van der Waals surface area contributed by atoms with Crippen LogP contribution in [0.15, 0.2) is 5.16 Å². The predicted octanol–water partition coefficient (Wildman–Crippen LogP) is 1.63. The molecule has 0 aromatic heterocycles. The van der Waals surface area contributed by atoms with Gasteiger partial charge in [0, 0.05) is 32.6 Å². The van der Waals surface area contributed by atoms with E-state index in [1.807, 2.05) is 11.8 Å². The van der Waals surface area contributed by atoms with E-state index in [4.69, 9.17) is 10.9 Å². The van der Waals surface area contributed by atoms with Gasteiger partial charge in [-0.1, -0.05) is 38.3 Å². The molecular formula is C15H30N4O2. The van der Waals surface area contributed by atoms with Gasteiger partial charge in [-0.15, -0.1) is 0 Å². The topological polar surface area (TPSA) is 82.2 Å². The Morgan fingerprint density at radius 2 is 1.86 bits per heavy atom. The first-order valence-corrected chi connectivity index (χ1v) is 8.13. The Morgan fingerprint density at radius 3 is 2.38 bits per heavy atom. The molecule has 1 atom stereocenters. The molecule has 1 fully saturated rings. The molecule has 0 saturated carbocycles. The van der Waals surface area contributed by atoms with Gasteiger partial charge >= 0.3 is 0 Å². The Morgan fingerprint density at radius 1 is 1.19 bits per heavy atom. The molecule has 1 rings (SSSR count). The second kappa shape index (κ2) is 9.60. The van der Waals surface area contributed by atoms with E-state index in [1.54, 1.807) is 0 Å². The van der Waals surface area contributed by atoms with Crippen molar-refractivity contribution >= 4 is 11.7 Å². The van der Waals surface area contributed by atoms with Gasteiger partial charge in [0.25, 0.3) is 0 Å². The molecule has 0 aliphatic carbocycles. The van der Waals surface area contributed by atoms with Gasteiger partial charge in [0.05, 0.1) is 6.04 Å². The maximum absolute atomic E-state index is 12.1. The van der Waals surface area contributed by atoms with Gasteiger partial charge in [-0.25, -0.2) is 0 Å². The number of oxime groups is 1. The molecule has 122 valence electrons. The number of amides is 1. The summed E-state index contributed by atoms with van der Waals surface area (Å²) in [6.07, 6.45) is 6.01. The van der Waals surface area contributed by atoms with Crippen molar-refractivity contribution in [1.29, 1.82) is 0 Å². The summed E-state index contributed by atoms with van der Waals surface area (Å²) >= 11 is 0. The molecule has 0 aromatic carbocycles. The van der Waals surface area contributed by atoms with E-state index in [0.29, 0.717) is 6.42 Å². The van der Waals surface area contributed by atoms with Crippen LogP contribution in [0, 0.1) is 0 Å². The number of hydrogen-bond donors (Lipinski definition) is 2. The maximum Gasteiger partial charge on any atom is 0.222 e. The molecule has 1 aliphatic rings. The first-order valence-electron chi connectivity index (χ1n) is 8.13. The first kappa shape index (κ1) is 17.8. The summed E-state index contributed by atoms with van der Waals surface area (Å²) in [7, 11) is 0. The van der Waals surface area contributed by atoms with E-state index in [1.165, 1.54) is 12.8 Å². The van der Waals surface area contributed by atoms with E-state index in [9.17, 15) is 4.79 Å². The van der Waals surface area contributed by atoms with Gasteiger partial charge in [0.2, 0.25) is 5.91 Å². The van der Waals surface area contributed by atoms with Crippen LogP contribution in [0.25, 0.3) is 0 Å². The Kier molecular flexibility index (Phi) is 8.12. The summed E-state index contributed by atoms with van der Waals surface area (Å²) in [5, 5.41) is 11.9. The second-order valence-corrected chi connectivity index (χ2v) is 5.68. The highest BCUT2D eigenvalue weighted by Crippen LogP contribution is 2.12. The Labute approximate surface area is 128 Å². The fraction of sp³-hybridized carbons (Fsp3) is 0.867. The van der Waals surface area contributed by atoms with E-state index in [0.717, 1.165) is 45.4 Å². The minimum Gasteiger partial charge on any atom is -0.409 e. The van der Waals surface area contributed by atoms with Crippen LogP contribution in [0.1, 0.15) is 52.4 Å². The van der Waals surface area contributed by atoms with Gasteiger partial charge in [-0.05, 0) is 12.8 Å². The zero-order chi connectivity index (χ0) is 15.7. The molecule has 0 bridgehead atoms. The number of carbonyl (C=O) groups excluding carboxylic acids is 1. The van der Waals surface area contributed by atoms with E-state index >= 15 is 0 Å². The third kappa shape index (κ3) is 5.53. The summed E-state index contributed by atoms with van der Waals surface area (Å²) < 4.78 is 0. The average Bonchev–Trinajstić information content (AvgIpc) is 2.52. The quantitative estimate of drug-likeness (QED) is 0.234. The van der Waals surface area contributed by atoms with Gasteiger partial charge < -0.3 is 15.8 Å². The monoisotopic (exact) mass is 298 g/mol. The van der Waals surface area contributed by atoms with Crippen molar-refractivity contribution in [2.75, 3.05) is 26.2 Å². The fourth-order valence-corrected chi connectivity index (χ4v) is 2.87. The van der Waals surface area contributed by atoms with Gasteiger partial charge in [-0.2, -0.15) is 0 Å². The van der Waals surface area contributed by atoms with E-state index in [-0.39, 0.29) is 17.8 Å². The van der Waals surface area contributed by atoms with Crippen molar-refractivity contribution in [2.45, 2.75) is 58.4 Å². The van der Waals surface area contributed by atoms with Gasteiger partial charge in [0.1, 0.15) is 0 Å². The van der Waals surface area contributed by atoms with Crippen molar-refractivity contribution < 1.29 is 10.0 Å². The summed E-state index contributed by atoms with van der Waals surface area (Å²) in [6, 6.07) is -0.0307. The number of piperazine rings is 1. The molecule has 6 heteroatoms. The molecule has 3 N–H and O–H groups in total. The molecule has 0 radical (unpaired) electrons. The number of amidine groups is 1. The average molecular weight is 298 g/mol. The zero-order valence-electron chi connectivity index (χ0n) is 13.4. The first-order chi connectivity index (χ1) is 10.1. The summed E-state index contributed by atoms with van der Waals surface area (Å²) in [5.41, 5.74) is 5.73.